The number of imidazole rings is 1. The summed E-state index contributed by atoms with van der Waals surface area (Å²) in [5.74, 6) is -0.147. The molecule has 1 heterocycles. The number of benzene rings is 1. The van der Waals surface area contributed by atoms with Crippen molar-refractivity contribution < 1.29 is 10.0 Å². The summed E-state index contributed by atoms with van der Waals surface area (Å²) in [5.41, 5.74) is 1.13. The number of rotatable bonds is 2. The Morgan fingerprint density at radius 3 is 2.75 bits per heavy atom. The fourth-order valence-corrected chi connectivity index (χ4v) is 1.40. The Balaban J connectivity index is 2.47. The van der Waals surface area contributed by atoms with Gasteiger partial charge in [-0.05, 0) is 13.0 Å². The second-order valence-electron chi connectivity index (χ2n) is 3.35. The van der Waals surface area contributed by atoms with Gasteiger partial charge >= 0.3 is 0 Å². The van der Waals surface area contributed by atoms with Gasteiger partial charge in [0.2, 0.25) is 0 Å². The van der Waals surface area contributed by atoms with Gasteiger partial charge in [0.05, 0.1) is 28.7 Å². The van der Waals surface area contributed by atoms with E-state index in [4.69, 9.17) is 0 Å². The van der Waals surface area contributed by atoms with Crippen LogP contribution in [0.2, 0.25) is 0 Å². The number of phenols is 1. The largest absolute Gasteiger partial charge is 0.505 e. The number of nitro groups is 1. The van der Waals surface area contributed by atoms with Crippen LogP contribution in [0.15, 0.2) is 30.7 Å². The van der Waals surface area contributed by atoms with E-state index < -0.39 is 4.92 Å². The third kappa shape index (κ3) is 1.72. The Morgan fingerprint density at radius 2 is 2.25 bits per heavy atom. The lowest BCUT2D eigenvalue weighted by molar-refractivity contribution is -0.384. The van der Waals surface area contributed by atoms with Crippen molar-refractivity contribution in [2.24, 2.45) is 0 Å². The average Bonchev–Trinajstić information content (AvgIpc) is 2.64. The van der Waals surface area contributed by atoms with E-state index in [1.807, 2.05) is 6.92 Å². The molecule has 0 unspecified atom stereocenters. The molecule has 0 radical (unpaired) electrons. The van der Waals surface area contributed by atoms with Gasteiger partial charge in [-0.2, -0.15) is 0 Å². The van der Waals surface area contributed by atoms with Crippen LogP contribution in [-0.2, 0) is 0 Å². The maximum Gasteiger partial charge on any atom is 0.273 e. The predicted octanol–water partition coefficient (Wildman–Crippen LogP) is 1.79. The van der Waals surface area contributed by atoms with Crippen molar-refractivity contribution in [1.82, 2.24) is 9.55 Å². The number of phenolic OH excluding ortho intramolecular Hbond substituents is 1. The quantitative estimate of drug-likeness (QED) is 0.616. The minimum atomic E-state index is -0.553. The maximum atomic E-state index is 10.5. The number of aromatic hydroxyl groups is 1. The summed E-state index contributed by atoms with van der Waals surface area (Å²) in [7, 11) is 0. The third-order valence-electron chi connectivity index (χ3n) is 2.16. The van der Waals surface area contributed by atoms with Gasteiger partial charge in [0.25, 0.3) is 5.69 Å². The van der Waals surface area contributed by atoms with Gasteiger partial charge in [-0.1, -0.05) is 0 Å². The molecule has 0 aliphatic carbocycles. The summed E-state index contributed by atoms with van der Waals surface area (Å²) in [5, 5.41) is 20.1. The Bertz CT molecular complexity index is 548. The normalized spacial score (nSPS) is 10.3. The van der Waals surface area contributed by atoms with Crippen LogP contribution in [0.25, 0.3) is 5.69 Å². The number of hydrogen-bond acceptors (Lipinski definition) is 4. The lowest BCUT2D eigenvalue weighted by Gasteiger charge is -2.04. The fourth-order valence-electron chi connectivity index (χ4n) is 1.40. The fraction of sp³-hybridized carbons (Fsp3) is 0.100. The molecule has 0 saturated heterocycles. The van der Waals surface area contributed by atoms with Crippen LogP contribution in [0.1, 0.15) is 5.69 Å². The highest BCUT2D eigenvalue weighted by atomic mass is 16.6. The zero-order chi connectivity index (χ0) is 11.7. The zero-order valence-electron chi connectivity index (χ0n) is 8.49. The van der Waals surface area contributed by atoms with Crippen LogP contribution >= 0.6 is 0 Å². The van der Waals surface area contributed by atoms with Crippen LogP contribution in [0, 0.1) is 17.0 Å². The van der Waals surface area contributed by atoms with Gasteiger partial charge in [-0.15, -0.1) is 0 Å². The molecular weight excluding hydrogens is 210 g/mol. The number of nitrogens with zero attached hydrogens (tertiary/aromatic N) is 3. The van der Waals surface area contributed by atoms with Gasteiger partial charge in [0.15, 0.2) is 0 Å². The molecule has 0 aliphatic heterocycles. The summed E-state index contributed by atoms with van der Waals surface area (Å²) < 4.78 is 1.61. The molecule has 82 valence electrons. The van der Waals surface area contributed by atoms with E-state index in [-0.39, 0.29) is 11.4 Å². The Hall–Kier alpha value is -2.37. The van der Waals surface area contributed by atoms with Crippen molar-refractivity contribution in [3.63, 3.8) is 0 Å². The molecule has 0 atom stereocenters. The number of aromatic nitrogens is 2. The highest BCUT2D eigenvalue weighted by Gasteiger charge is 2.11. The molecule has 1 aromatic heterocycles. The van der Waals surface area contributed by atoms with E-state index in [2.05, 4.69) is 4.98 Å². The molecule has 0 saturated carbocycles. The number of hydrogen-bond donors (Lipinski definition) is 1. The Morgan fingerprint density at radius 1 is 1.50 bits per heavy atom. The first-order valence-electron chi connectivity index (χ1n) is 4.56. The molecule has 0 fully saturated rings. The first-order chi connectivity index (χ1) is 7.58. The standard InChI is InChI=1S/C10H9N3O3/c1-7-5-12(6-11-7)9-3-2-8(13(15)16)4-10(9)14/h2-6,14H,1H3. The van der Waals surface area contributed by atoms with Gasteiger partial charge in [0.1, 0.15) is 5.75 Å². The van der Waals surface area contributed by atoms with E-state index >= 15 is 0 Å². The van der Waals surface area contributed by atoms with Crippen LogP contribution in [0.4, 0.5) is 5.69 Å². The monoisotopic (exact) mass is 219 g/mol. The van der Waals surface area contributed by atoms with Crippen LogP contribution in [0.3, 0.4) is 0 Å². The van der Waals surface area contributed by atoms with Crippen molar-refractivity contribution in [2.75, 3.05) is 0 Å². The summed E-state index contributed by atoms with van der Waals surface area (Å²) in [6.07, 6.45) is 3.26. The van der Waals surface area contributed by atoms with Crippen molar-refractivity contribution in [1.29, 1.82) is 0 Å². The second kappa shape index (κ2) is 3.65. The van der Waals surface area contributed by atoms with Gasteiger partial charge in [-0.25, -0.2) is 4.98 Å². The molecule has 0 spiro atoms. The lowest BCUT2D eigenvalue weighted by Crippen LogP contribution is -1.93. The minimum Gasteiger partial charge on any atom is -0.505 e. The van der Waals surface area contributed by atoms with Crippen molar-refractivity contribution in [3.05, 3.63) is 46.5 Å². The van der Waals surface area contributed by atoms with Crippen molar-refractivity contribution in [3.8, 4) is 11.4 Å². The first-order valence-corrected chi connectivity index (χ1v) is 4.56. The Labute approximate surface area is 90.9 Å². The molecule has 16 heavy (non-hydrogen) atoms. The smallest absolute Gasteiger partial charge is 0.273 e. The highest BCUT2D eigenvalue weighted by molar-refractivity contribution is 5.52. The molecule has 0 aliphatic rings. The van der Waals surface area contributed by atoms with Gasteiger partial charge in [-0.3, -0.25) is 10.1 Å². The maximum absolute atomic E-state index is 10.5. The molecule has 6 nitrogen and oxygen atoms in total. The van der Waals surface area contributed by atoms with E-state index in [0.29, 0.717) is 5.69 Å². The summed E-state index contributed by atoms with van der Waals surface area (Å²) in [6.45, 7) is 1.82. The van der Waals surface area contributed by atoms with Crippen molar-refractivity contribution in [2.45, 2.75) is 6.92 Å². The van der Waals surface area contributed by atoms with Gasteiger partial charge in [0, 0.05) is 12.3 Å². The van der Waals surface area contributed by atoms with E-state index in [9.17, 15) is 15.2 Å². The molecule has 6 heteroatoms. The van der Waals surface area contributed by atoms with Crippen LogP contribution in [0.5, 0.6) is 5.75 Å². The predicted molar refractivity (Wildman–Crippen MR) is 56.6 cm³/mol. The van der Waals surface area contributed by atoms with Crippen molar-refractivity contribution >= 4 is 5.69 Å². The first kappa shape index (κ1) is 10.2. The topological polar surface area (TPSA) is 81.2 Å². The number of aryl methyl sites for hydroxylation is 1. The van der Waals surface area contributed by atoms with Crippen LogP contribution in [-0.4, -0.2) is 19.6 Å². The highest BCUT2D eigenvalue weighted by Crippen LogP contribution is 2.26. The van der Waals surface area contributed by atoms with E-state index in [0.717, 1.165) is 11.8 Å². The molecule has 2 aromatic rings. The Kier molecular flexibility index (Phi) is 2.32. The second-order valence-corrected chi connectivity index (χ2v) is 3.35. The summed E-state index contributed by atoms with van der Waals surface area (Å²) in [6, 6.07) is 3.93. The average molecular weight is 219 g/mol. The summed E-state index contributed by atoms with van der Waals surface area (Å²) >= 11 is 0. The molecule has 1 aromatic carbocycles. The van der Waals surface area contributed by atoms with E-state index in [1.54, 1.807) is 10.8 Å². The molecule has 2 rings (SSSR count). The van der Waals surface area contributed by atoms with Crippen LogP contribution < -0.4 is 0 Å². The molecule has 1 N–H and O–H groups in total. The number of non-ortho nitro benzene ring substituents is 1. The number of nitro benzene ring substituents is 1. The third-order valence-corrected chi connectivity index (χ3v) is 2.16. The lowest BCUT2D eigenvalue weighted by atomic mass is 10.2. The van der Waals surface area contributed by atoms with E-state index in [1.165, 1.54) is 18.5 Å². The zero-order valence-corrected chi connectivity index (χ0v) is 8.49. The van der Waals surface area contributed by atoms with Gasteiger partial charge < -0.3 is 9.67 Å². The molecular formula is C10H9N3O3. The summed E-state index contributed by atoms with van der Waals surface area (Å²) in [4.78, 5) is 13.9. The minimum absolute atomic E-state index is 0.141. The SMILES string of the molecule is Cc1cn(-c2ccc([N+](=O)[O-])cc2O)cn1. The molecule has 0 amide bonds. The molecule has 0 bridgehead atoms.